The fraction of sp³-hybridized carbons (Fsp3) is 0.115. The van der Waals surface area contributed by atoms with E-state index in [0.29, 0.717) is 28.0 Å². The molecule has 0 aliphatic carbocycles. The molecule has 0 fully saturated rings. The molecule has 0 radical (unpaired) electrons. The molecule has 3 N–H and O–H groups in total. The molecule has 0 saturated heterocycles. The fourth-order valence-corrected chi connectivity index (χ4v) is 4.06. The zero-order valence-corrected chi connectivity index (χ0v) is 20.9. The van der Waals surface area contributed by atoms with Gasteiger partial charge in [-0.05, 0) is 73.5 Å². The van der Waals surface area contributed by atoms with Crippen LogP contribution in [0.3, 0.4) is 0 Å². The van der Waals surface area contributed by atoms with Crippen LogP contribution in [0.5, 0.6) is 5.75 Å². The van der Waals surface area contributed by atoms with Crippen molar-refractivity contribution in [2.75, 3.05) is 23.2 Å². The molecule has 1 aromatic heterocycles. The average Bonchev–Trinajstić information content (AvgIpc) is 3.19. The van der Waals surface area contributed by atoms with Crippen molar-refractivity contribution >= 4 is 55.9 Å². The maximum atomic E-state index is 13.3. The van der Waals surface area contributed by atoms with Crippen LogP contribution in [-0.4, -0.2) is 29.5 Å². The first-order valence-electron chi connectivity index (χ1n) is 10.7. The zero-order valence-electron chi connectivity index (χ0n) is 19.3. The van der Waals surface area contributed by atoms with Crippen LogP contribution in [-0.2, 0) is 9.59 Å². The Hall–Kier alpha value is -4.11. The van der Waals surface area contributed by atoms with Crippen LogP contribution >= 0.6 is 15.9 Å². The van der Waals surface area contributed by atoms with Crippen molar-refractivity contribution in [3.05, 3.63) is 88.0 Å². The minimum Gasteiger partial charge on any atom is -0.497 e. The summed E-state index contributed by atoms with van der Waals surface area (Å²) < 4.78 is 7.23. The van der Waals surface area contributed by atoms with Gasteiger partial charge in [0.2, 0.25) is 0 Å². The molecule has 3 amide bonds. The quantitative estimate of drug-likeness (QED) is 0.314. The van der Waals surface area contributed by atoms with Crippen LogP contribution in [0.4, 0.5) is 11.4 Å². The van der Waals surface area contributed by atoms with E-state index >= 15 is 0 Å². The van der Waals surface area contributed by atoms with Crippen LogP contribution in [0.25, 0.3) is 10.9 Å². The molecule has 3 aromatic carbocycles. The van der Waals surface area contributed by atoms with E-state index in [0.717, 1.165) is 15.6 Å². The predicted octanol–water partition coefficient (Wildman–Crippen LogP) is 4.99. The van der Waals surface area contributed by atoms with E-state index < -0.39 is 17.7 Å². The van der Waals surface area contributed by atoms with Crippen molar-refractivity contribution in [1.82, 2.24) is 4.68 Å². The van der Waals surface area contributed by atoms with Gasteiger partial charge in [0.1, 0.15) is 11.4 Å². The van der Waals surface area contributed by atoms with E-state index in [1.54, 1.807) is 42.5 Å². The van der Waals surface area contributed by atoms with Gasteiger partial charge in [-0.25, -0.2) is 4.68 Å². The molecule has 4 aromatic rings. The summed E-state index contributed by atoms with van der Waals surface area (Å²) in [4.78, 5) is 38.6. The summed E-state index contributed by atoms with van der Waals surface area (Å²) in [6.07, 6.45) is 0. The van der Waals surface area contributed by atoms with Crippen molar-refractivity contribution < 1.29 is 19.1 Å². The summed E-state index contributed by atoms with van der Waals surface area (Å²) in [6.45, 7) is 3.81. The standard InChI is InChI=1S/C26H23BrN4O4/c1-15-5-4-6-16(2)23(15)29-24(32)22-14-17-13-18(27)7-12-21(17)31(22)30-26(34)25(33)28-19-8-10-20(35-3)11-9-19/h4-14H,1-3H3,(H,28,33)(H,29,32)(H,30,34). The normalized spacial score (nSPS) is 10.6. The molecule has 0 bridgehead atoms. The summed E-state index contributed by atoms with van der Waals surface area (Å²) in [5.41, 5.74) is 6.23. The molecule has 0 aliphatic rings. The number of hydrogen-bond acceptors (Lipinski definition) is 4. The molecule has 9 heteroatoms. The van der Waals surface area contributed by atoms with Crippen molar-refractivity contribution in [1.29, 1.82) is 0 Å². The van der Waals surface area contributed by atoms with Gasteiger partial charge in [-0.2, -0.15) is 0 Å². The third-order valence-electron chi connectivity index (χ3n) is 5.48. The van der Waals surface area contributed by atoms with Gasteiger partial charge >= 0.3 is 11.8 Å². The number of aryl methyl sites for hydroxylation is 2. The average molecular weight is 535 g/mol. The summed E-state index contributed by atoms with van der Waals surface area (Å²) in [5.74, 6) is -1.61. The summed E-state index contributed by atoms with van der Waals surface area (Å²) in [5, 5.41) is 6.18. The molecule has 8 nitrogen and oxygen atoms in total. The van der Waals surface area contributed by atoms with Gasteiger partial charge in [-0.3, -0.25) is 19.8 Å². The minimum atomic E-state index is -0.928. The number of aromatic nitrogens is 1. The lowest BCUT2D eigenvalue weighted by Gasteiger charge is -2.14. The number of anilines is 2. The van der Waals surface area contributed by atoms with Crippen molar-refractivity contribution in [3.8, 4) is 5.75 Å². The van der Waals surface area contributed by atoms with E-state index in [4.69, 9.17) is 4.74 Å². The number of halogens is 1. The Kier molecular flexibility index (Phi) is 6.88. The first kappa shape index (κ1) is 24.0. The number of amides is 3. The Bertz CT molecular complexity index is 1420. The van der Waals surface area contributed by atoms with Crippen LogP contribution in [0, 0.1) is 13.8 Å². The van der Waals surface area contributed by atoms with Gasteiger partial charge in [0, 0.05) is 21.2 Å². The number of benzene rings is 3. The monoisotopic (exact) mass is 534 g/mol. The molecule has 178 valence electrons. The molecule has 1 heterocycles. The summed E-state index contributed by atoms with van der Waals surface area (Å²) in [6, 6.07) is 19.3. The highest BCUT2D eigenvalue weighted by Gasteiger charge is 2.22. The van der Waals surface area contributed by atoms with E-state index in [1.165, 1.54) is 11.8 Å². The maximum absolute atomic E-state index is 13.3. The van der Waals surface area contributed by atoms with Crippen molar-refractivity contribution in [2.24, 2.45) is 0 Å². The Morgan fingerprint density at radius 3 is 2.20 bits per heavy atom. The second kappa shape index (κ2) is 10.0. The molecule has 4 rings (SSSR count). The molecule has 0 atom stereocenters. The number of methoxy groups -OCH3 is 1. The first-order chi connectivity index (χ1) is 16.8. The fourth-order valence-electron chi connectivity index (χ4n) is 3.68. The lowest BCUT2D eigenvalue weighted by Crippen LogP contribution is -2.36. The number of carbonyl (C=O) groups is 3. The SMILES string of the molecule is COc1ccc(NC(=O)C(=O)Nn2c(C(=O)Nc3c(C)cccc3C)cc3cc(Br)ccc32)cc1. The number of carbonyl (C=O) groups excluding carboxylic acids is 3. The number of para-hydroxylation sites is 1. The van der Waals surface area contributed by atoms with Crippen LogP contribution < -0.4 is 20.8 Å². The Balaban J connectivity index is 1.63. The number of fused-ring (bicyclic) bond motifs is 1. The highest BCUT2D eigenvalue weighted by molar-refractivity contribution is 9.10. The third kappa shape index (κ3) is 5.20. The largest absolute Gasteiger partial charge is 0.497 e. The van der Waals surface area contributed by atoms with Crippen LogP contribution in [0.15, 0.2) is 71.2 Å². The molecular weight excluding hydrogens is 512 g/mol. The Morgan fingerprint density at radius 2 is 1.54 bits per heavy atom. The van der Waals surface area contributed by atoms with Gasteiger partial charge < -0.3 is 15.4 Å². The van der Waals surface area contributed by atoms with Gasteiger partial charge in [-0.1, -0.05) is 34.1 Å². The molecule has 0 unspecified atom stereocenters. The number of nitrogens with zero attached hydrogens (tertiary/aromatic N) is 1. The molecule has 35 heavy (non-hydrogen) atoms. The van der Waals surface area contributed by atoms with E-state index in [1.807, 2.05) is 38.1 Å². The number of hydrogen-bond donors (Lipinski definition) is 3. The highest BCUT2D eigenvalue weighted by atomic mass is 79.9. The van der Waals surface area contributed by atoms with Crippen molar-refractivity contribution in [2.45, 2.75) is 13.8 Å². The van der Waals surface area contributed by atoms with Gasteiger partial charge in [-0.15, -0.1) is 0 Å². The molecule has 0 spiro atoms. The first-order valence-corrected chi connectivity index (χ1v) is 11.5. The van der Waals surface area contributed by atoms with Gasteiger partial charge in [0.05, 0.1) is 12.6 Å². The Labute approximate surface area is 210 Å². The topological polar surface area (TPSA) is 101 Å². The van der Waals surface area contributed by atoms with Crippen molar-refractivity contribution in [3.63, 3.8) is 0 Å². The lowest BCUT2D eigenvalue weighted by atomic mass is 10.1. The lowest BCUT2D eigenvalue weighted by molar-refractivity contribution is -0.133. The minimum absolute atomic E-state index is 0.173. The zero-order chi connectivity index (χ0) is 25.1. The van der Waals surface area contributed by atoms with E-state index in [2.05, 4.69) is 32.0 Å². The third-order valence-corrected chi connectivity index (χ3v) is 5.98. The molecule has 0 aliphatic heterocycles. The number of nitrogens with one attached hydrogen (secondary N) is 3. The number of rotatable bonds is 5. The number of ether oxygens (including phenoxy) is 1. The second-order valence-electron chi connectivity index (χ2n) is 7.91. The smallest absolute Gasteiger partial charge is 0.328 e. The highest BCUT2D eigenvalue weighted by Crippen LogP contribution is 2.25. The maximum Gasteiger partial charge on any atom is 0.328 e. The van der Waals surface area contributed by atoms with Gasteiger partial charge in [0.25, 0.3) is 5.91 Å². The van der Waals surface area contributed by atoms with Gasteiger partial charge in [0.15, 0.2) is 0 Å². The predicted molar refractivity (Wildman–Crippen MR) is 139 cm³/mol. The van der Waals surface area contributed by atoms with Crippen LogP contribution in [0.2, 0.25) is 0 Å². The Morgan fingerprint density at radius 1 is 0.857 bits per heavy atom. The van der Waals surface area contributed by atoms with Crippen LogP contribution in [0.1, 0.15) is 21.6 Å². The molecule has 0 saturated carbocycles. The summed E-state index contributed by atoms with van der Waals surface area (Å²) in [7, 11) is 1.54. The summed E-state index contributed by atoms with van der Waals surface area (Å²) >= 11 is 3.43. The van der Waals surface area contributed by atoms with E-state index in [-0.39, 0.29) is 5.69 Å². The van der Waals surface area contributed by atoms with E-state index in [9.17, 15) is 14.4 Å². The second-order valence-corrected chi connectivity index (χ2v) is 8.83. The molecular formula is C26H23BrN4O4.